The van der Waals surface area contributed by atoms with Gasteiger partial charge >= 0.3 is 0 Å². The first-order valence-electron chi connectivity index (χ1n) is 9.38. The highest BCUT2D eigenvalue weighted by Crippen LogP contribution is 2.45. The number of nitrogens with one attached hydrogen (secondary N) is 2. The zero-order valence-corrected chi connectivity index (χ0v) is 15.5. The molecule has 0 radical (unpaired) electrons. The molecule has 1 aromatic heterocycles. The molecule has 0 bridgehead atoms. The van der Waals surface area contributed by atoms with Crippen LogP contribution in [-0.4, -0.2) is 21.8 Å². The Morgan fingerprint density at radius 1 is 0.931 bits per heavy atom. The lowest BCUT2D eigenvalue weighted by Gasteiger charge is -2.48. The lowest BCUT2D eigenvalue weighted by molar-refractivity contribution is -0.137. The number of aromatic amines is 1. The number of benzene rings is 3. The van der Waals surface area contributed by atoms with Gasteiger partial charge in [0.15, 0.2) is 5.54 Å². The van der Waals surface area contributed by atoms with E-state index < -0.39 is 5.54 Å². The van der Waals surface area contributed by atoms with Crippen molar-refractivity contribution in [1.82, 2.24) is 9.97 Å². The average molecular weight is 382 g/mol. The van der Waals surface area contributed by atoms with Gasteiger partial charge in [0.2, 0.25) is 5.91 Å². The topological polar surface area (TPSA) is 78.1 Å². The molecule has 29 heavy (non-hydrogen) atoms. The molecule has 1 unspecified atom stereocenters. The van der Waals surface area contributed by atoms with Crippen LogP contribution in [-0.2, 0) is 15.1 Å². The Morgan fingerprint density at radius 3 is 2.28 bits per heavy atom. The summed E-state index contributed by atoms with van der Waals surface area (Å²) in [5, 5.41) is 2.95. The predicted octanol–water partition coefficient (Wildman–Crippen LogP) is 3.83. The Bertz CT molecular complexity index is 1170. The van der Waals surface area contributed by atoms with Crippen LogP contribution < -0.4 is 10.2 Å². The third kappa shape index (κ3) is 2.69. The van der Waals surface area contributed by atoms with E-state index in [4.69, 9.17) is 0 Å². The van der Waals surface area contributed by atoms with Crippen LogP contribution in [0.15, 0.2) is 84.9 Å². The maximum absolute atomic E-state index is 13.6. The number of para-hydroxylation sites is 4. The minimum Gasteiger partial charge on any atom is -0.339 e. The van der Waals surface area contributed by atoms with Crippen molar-refractivity contribution >= 4 is 34.2 Å². The summed E-state index contributed by atoms with van der Waals surface area (Å²) < 4.78 is 0. The molecule has 1 atom stereocenters. The summed E-state index contributed by atoms with van der Waals surface area (Å²) in [4.78, 5) is 35.7. The number of nitrogens with zero attached hydrogens (tertiary/aromatic N) is 2. The molecule has 2 heterocycles. The van der Waals surface area contributed by atoms with Crippen molar-refractivity contribution in [2.24, 2.45) is 0 Å². The number of rotatable bonds is 4. The molecule has 6 nitrogen and oxygen atoms in total. The number of fused-ring (bicyclic) bond motifs is 1. The number of carbonyl (C=O) groups is 2. The minimum atomic E-state index is -1.24. The van der Waals surface area contributed by atoms with E-state index >= 15 is 0 Å². The first-order valence-corrected chi connectivity index (χ1v) is 9.38. The van der Waals surface area contributed by atoms with Gasteiger partial charge in [0, 0.05) is 11.4 Å². The maximum Gasteiger partial charge on any atom is 0.259 e. The molecule has 1 fully saturated rings. The molecule has 1 saturated heterocycles. The number of imidazole rings is 1. The minimum absolute atomic E-state index is 0.0420. The Hall–Kier alpha value is -3.93. The highest BCUT2D eigenvalue weighted by Gasteiger charge is 2.60. The molecule has 5 rings (SSSR count). The van der Waals surface area contributed by atoms with Gasteiger partial charge in [0.25, 0.3) is 5.91 Å². The van der Waals surface area contributed by atoms with Crippen molar-refractivity contribution in [2.45, 2.75) is 12.0 Å². The second kappa shape index (κ2) is 6.60. The standard InChI is InChI=1S/C23H18N4O2/c28-20-15-23(27(20)17-11-5-2-6-12-17,22(29)24-16-9-3-1-4-10-16)21-25-18-13-7-8-14-19(18)26-21/h1-14H,15H2,(H,24,29)(H,25,26). The van der Waals surface area contributed by atoms with E-state index in [1.54, 1.807) is 0 Å². The lowest BCUT2D eigenvalue weighted by Crippen LogP contribution is -2.67. The van der Waals surface area contributed by atoms with Crippen LogP contribution in [0.1, 0.15) is 12.2 Å². The van der Waals surface area contributed by atoms with Crippen molar-refractivity contribution in [3.8, 4) is 0 Å². The summed E-state index contributed by atoms with van der Waals surface area (Å²) in [6.07, 6.45) is 0.0420. The third-order valence-corrected chi connectivity index (χ3v) is 5.24. The van der Waals surface area contributed by atoms with E-state index in [0.717, 1.165) is 11.0 Å². The lowest BCUT2D eigenvalue weighted by atomic mass is 9.81. The number of H-pyrrole nitrogens is 1. The van der Waals surface area contributed by atoms with Crippen molar-refractivity contribution < 1.29 is 9.59 Å². The maximum atomic E-state index is 13.6. The number of carbonyl (C=O) groups excluding carboxylic acids is 2. The van der Waals surface area contributed by atoms with Crippen molar-refractivity contribution in [3.63, 3.8) is 0 Å². The van der Waals surface area contributed by atoms with Gasteiger partial charge in [-0.25, -0.2) is 4.98 Å². The normalized spacial score (nSPS) is 18.5. The Kier molecular flexibility index (Phi) is 3.91. The molecule has 0 aliphatic carbocycles. The van der Waals surface area contributed by atoms with E-state index in [2.05, 4.69) is 15.3 Å². The van der Waals surface area contributed by atoms with Gasteiger partial charge in [0.05, 0.1) is 17.5 Å². The van der Waals surface area contributed by atoms with E-state index in [1.165, 1.54) is 4.90 Å². The largest absolute Gasteiger partial charge is 0.339 e. The quantitative estimate of drug-likeness (QED) is 0.527. The molecule has 4 aromatic rings. The van der Waals surface area contributed by atoms with Crippen LogP contribution >= 0.6 is 0 Å². The summed E-state index contributed by atoms with van der Waals surface area (Å²) in [6, 6.07) is 26.0. The Labute approximate surface area is 167 Å². The van der Waals surface area contributed by atoms with Crippen molar-refractivity contribution in [2.75, 3.05) is 10.2 Å². The van der Waals surface area contributed by atoms with Crippen LogP contribution in [0.2, 0.25) is 0 Å². The van der Waals surface area contributed by atoms with Crippen molar-refractivity contribution in [1.29, 1.82) is 0 Å². The summed E-state index contributed by atoms with van der Waals surface area (Å²) in [6.45, 7) is 0. The smallest absolute Gasteiger partial charge is 0.259 e. The summed E-state index contributed by atoms with van der Waals surface area (Å²) >= 11 is 0. The molecule has 1 aliphatic heterocycles. The summed E-state index contributed by atoms with van der Waals surface area (Å²) in [5.41, 5.74) is 1.66. The van der Waals surface area contributed by atoms with Crippen LogP contribution in [0.25, 0.3) is 11.0 Å². The fourth-order valence-corrected chi connectivity index (χ4v) is 3.82. The number of anilines is 2. The second-order valence-electron chi connectivity index (χ2n) is 7.02. The van der Waals surface area contributed by atoms with Gasteiger partial charge in [-0.15, -0.1) is 0 Å². The first kappa shape index (κ1) is 17.2. The Morgan fingerprint density at radius 2 is 1.59 bits per heavy atom. The van der Waals surface area contributed by atoms with Crippen LogP contribution in [0.5, 0.6) is 0 Å². The predicted molar refractivity (Wildman–Crippen MR) is 111 cm³/mol. The molecular formula is C23H18N4O2. The molecule has 142 valence electrons. The van der Waals surface area contributed by atoms with E-state index in [1.807, 2.05) is 84.9 Å². The number of hydrogen-bond donors (Lipinski definition) is 2. The van der Waals surface area contributed by atoms with Gasteiger partial charge in [-0.05, 0) is 36.4 Å². The Balaban J connectivity index is 1.65. The van der Waals surface area contributed by atoms with Gasteiger partial charge in [0.1, 0.15) is 5.82 Å². The molecule has 6 heteroatoms. The average Bonchev–Trinajstić information content (AvgIpc) is 3.17. The van der Waals surface area contributed by atoms with Gasteiger partial charge in [-0.1, -0.05) is 48.5 Å². The van der Waals surface area contributed by atoms with E-state index in [0.29, 0.717) is 17.2 Å². The number of hydrogen-bond acceptors (Lipinski definition) is 3. The van der Waals surface area contributed by atoms with Crippen LogP contribution in [0, 0.1) is 0 Å². The molecule has 3 aromatic carbocycles. The van der Waals surface area contributed by atoms with Crippen LogP contribution in [0.4, 0.5) is 11.4 Å². The molecule has 2 amide bonds. The summed E-state index contributed by atoms with van der Waals surface area (Å²) in [7, 11) is 0. The summed E-state index contributed by atoms with van der Waals surface area (Å²) in [5.74, 6) is 0.0293. The molecule has 1 aliphatic rings. The number of β-lactam (4-membered cyclic amide) rings is 1. The molecule has 2 N–H and O–H groups in total. The number of aromatic nitrogens is 2. The molecule has 0 spiro atoms. The van der Waals surface area contributed by atoms with Crippen molar-refractivity contribution in [3.05, 3.63) is 90.8 Å². The zero-order valence-electron chi connectivity index (χ0n) is 15.5. The van der Waals surface area contributed by atoms with E-state index in [-0.39, 0.29) is 18.2 Å². The van der Waals surface area contributed by atoms with Gasteiger partial charge < -0.3 is 10.3 Å². The molecular weight excluding hydrogens is 364 g/mol. The monoisotopic (exact) mass is 382 g/mol. The fourth-order valence-electron chi connectivity index (χ4n) is 3.82. The highest BCUT2D eigenvalue weighted by atomic mass is 16.2. The second-order valence-corrected chi connectivity index (χ2v) is 7.02. The van der Waals surface area contributed by atoms with Crippen LogP contribution in [0.3, 0.4) is 0 Å². The fraction of sp³-hybridized carbons (Fsp3) is 0.0870. The first-order chi connectivity index (χ1) is 14.2. The number of amides is 2. The van der Waals surface area contributed by atoms with E-state index in [9.17, 15) is 9.59 Å². The third-order valence-electron chi connectivity index (χ3n) is 5.24. The SMILES string of the molecule is O=C1CC(C(=O)Nc2ccccc2)(c2nc3ccccc3[nH]2)N1c1ccccc1. The highest BCUT2D eigenvalue weighted by molar-refractivity contribution is 6.16. The van der Waals surface area contributed by atoms with Gasteiger partial charge in [-0.2, -0.15) is 0 Å². The zero-order chi connectivity index (χ0) is 19.8. The van der Waals surface area contributed by atoms with Gasteiger partial charge in [-0.3, -0.25) is 14.5 Å². The molecule has 0 saturated carbocycles.